The largest absolute Gasteiger partial charge is 0.481 e. The third-order valence-electron chi connectivity index (χ3n) is 3.94. The van der Waals surface area contributed by atoms with Crippen LogP contribution in [0.3, 0.4) is 0 Å². The van der Waals surface area contributed by atoms with Crippen LogP contribution in [0.25, 0.3) is 5.69 Å². The summed E-state index contributed by atoms with van der Waals surface area (Å²) >= 11 is 0. The van der Waals surface area contributed by atoms with Gasteiger partial charge in [-0.25, -0.2) is 4.68 Å². The zero-order chi connectivity index (χ0) is 15.7. The molecule has 1 aliphatic carbocycles. The number of nitrogens with one attached hydrogen (secondary N) is 1. The second-order valence-electron chi connectivity index (χ2n) is 5.56. The van der Waals surface area contributed by atoms with Gasteiger partial charge in [0.2, 0.25) is 5.91 Å². The van der Waals surface area contributed by atoms with Crippen LogP contribution in [0, 0.1) is 11.8 Å². The number of rotatable bonds is 5. The van der Waals surface area contributed by atoms with Gasteiger partial charge in [-0.05, 0) is 37.1 Å². The molecule has 0 bridgehead atoms. The summed E-state index contributed by atoms with van der Waals surface area (Å²) in [7, 11) is 0. The molecule has 3 rings (SSSR count). The van der Waals surface area contributed by atoms with Crippen LogP contribution in [0.2, 0.25) is 0 Å². The third kappa shape index (κ3) is 2.86. The van der Waals surface area contributed by atoms with E-state index in [0.717, 1.165) is 11.3 Å². The van der Waals surface area contributed by atoms with Gasteiger partial charge in [-0.3, -0.25) is 9.59 Å². The highest BCUT2D eigenvalue weighted by molar-refractivity contribution is 5.89. The molecule has 1 heterocycles. The van der Waals surface area contributed by atoms with E-state index in [1.165, 1.54) is 0 Å². The van der Waals surface area contributed by atoms with E-state index in [1.54, 1.807) is 10.9 Å². The van der Waals surface area contributed by atoms with Gasteiger partial charge < -0.3 is 10.4 Å². The summed E-state index contributed by atoms with van der Waals surface area (Å²) in [6.45, 7) is 1.89. The molecule has 3 atom stereocenters. The first-order chi connectivity index (χ1) is 10.6. The predicted octanol–water partition coefficient (Wildman–Crippen LogP) is 1.77. The minimum absolute atomic E-state index is 0.182. The van der Waals surface area contributed by atoms with Crippen LogP contribution in [-0.4, -0.2) is 26.8 Å². The van der Waals surface area contributed by atoms with Crippen LogP contribution in [0.15, 0.2) is 42.7 Å². The molecule has 1 saturated carbocycles. The number of nitrogens with zero attached hydrogens (tertiary/aromatic N) is 2. The molecule has 2 N–H and O–H groups in total. The Morgan fingerprint density at radius 3 is 2.82 bits per heavy atom. The van der Waals surface area contributed by atoms with Crippen LogP contribution in [-0.2, 0) is 9.59 Å². The van der Waals surface area contributed by atoms with E-state index in [9.17, 15) is 9.59 Å². The maximum Gasteiger partial charge on any atom is 0.307 e. The van der Waals surface area contributed by atoms with Gasteiger partial charge in [0.15, 0.2) is 0 Å². The fraction of sp³-hybridized carbons (Fsp3) is 0.312. The SMILES string of the molecule is C[C@H](NC(=O)[C@@H]1C[C@@H]1C(=O)O)c1cccc(-n2cccn2)c1. The lowest BCUT2D eigenvalue weighted by molar-refractivity contribution is -0.140. The first-order valence-electron chi connectivity index (χ1n) is 7.19. The Balaban J connectivity index is 1.68. The molecule has 6 heteroatoms. The number of aliphatic carboxylic acids is 1. The van der Waals surface area contributed by atoms with E-state index >= 15 is 0 Å². The third-order valence-corrected chi connectivity index (χ3v) is 3.94. The molecular formula is C16H17N3O3. The minimum atomic E-state index is -0.895. The number of hydrogen-bond acceptors (Lipinski definition) is 3. The second-order valence-corrected chi connectivity index (χ2v) is 5.56. The molecule has 0 saturated heterocycles. The minimum Gasteiger partial charge on any atom is -0.481 e. The lowest BCUT2D eigenvalue weighted by atomic mass is 10.1. The highest BCUT2D eigenvalue weighted by atomic mass is 16.4. The van der Waals surface area contributed by atoms with Crippen molar-refractivity contribution in [2.75, 3.05) is 0 Å². The highest BCUT2D eigenvalue weighted by Crippen LogP contribution is 2.39. The standard InChI is InChI=1S/C16H17N3O3/c1-10(18-15(20)13-9-14(13)16(21)22)11-4-2-5-12(8-11)19-7-3-6-17-19/h2-8,10,13-14H,9H2,1H3,(H,18,20)(H,21,22)/t10-,13+,14-/m0/s1. The maximum atomic E-state index is 12.0. The zero-order valence-electron chi connectivity index (χ0n) is 12.1. The first-order valence-corrected chi connectivity index (χ1v) is 7.19. The van der Waals surface area contributed by atoms with Crippen molar-refractivity contribution in [1.29, 1.82) is 0 Å². The van der Waals surface area contributed by atoms with Gasteiger partial charge in [-0.2, -0.15) is 5.10 Å². The molecule has 1 fully saturated rings. The molecule has 0 aliphatic heterocycles. The normalized spacial score (nSPS) is 21.1. The summed E-state index contributed by atoms with van der Waals surface area (Å²) in [5, 5.41) is 15.9. The molecule has 1 amide bonds. The van der Waals surface area contributed by atoms with Crippen LogP contribution in [0.4, 0.5) is 0 Å². The second kappa shape index (κ2) is 5.63. The van der Waals surface area contributed by atoms with Gasteiger partial charge in [0, 0.05) is 12.4 Å². The Bertz CT molecular complexity index is 696. The van der Waals surface area contributed by atoms with Crippen molar-refractivity contribution in [2.45, 2.75) is 19.4 Å². The van der Waals surface area contributed by atoms with Gasteiger partial charge in [0.1, 0.15) is 0 Å². The molecule has 2 aromatic rings. The number of amides is 1. The predicted molar refractivity (Wildman–Crippen MR) is 79.4 cm³/mol. The number of aromatic nitrogens is 2. The van der Waals surface area contributed by atoms with Crippen molar-refractivity contribution in [3.8, 4) is 5.69 Å². The van der Waals surface area contributed by atoms with Crippen molar-refractivity contribution in [1.82, 2.24) is 15.1 Å². The molecule has 6 nitrogen and oxygen atoms in total. The summed E-state index contributed by atoms with van der Waals surface area (Å²) in [5.41, 5.74) is 1.87. The topological polar surface area (TPSA) is 84.2 Å². The average Bonchev–Trinajstić information content (AvgIpc) is 3.14. The molecule has 1 aromatic heterocycles. The molecule has 114 valence electrons. The van der Waals surface area contributed by atoms with E-state index in [-0.39, 0.29) is 11.9 Å². The summed E-state index contributed by atoms with van der Waals surface area (Å²) < 4.78 is 1.75. The maximum absolute atomic E-state index is 12.0. The summed E-state index contributed by atoms with van der Waals surface area (Å²) in [6, 6.07) is 9.40. The quantitative estimate of drug-likeness (QED) is 0.881. The Labute approximate surface area is 127 Å². The Kier molecular flexibility index (Phi) is 3.66. The van der Waals surface area contributed by atoms with Crippen molar-refractivity contribution in [3.63, 3.8) is 0 Å². The van der Waals surface area contributed by atoms with Gasteiger partial charge in [0.25, 0.3) is 0 Å². The summed E-state index contributed by atoms with van der Waals surface area (Å²) in [5.74, 6) is -2.00. The lowest BCUT2D eigenvalue weighted by Crippen LogP contribution is -2.29. The monoisotopic (exact) mass is 299 g/mol. The van der Waals surface area contributed by atoms with E-state index in [2.05, 4.69) is 10.4 Å². The zero-order valence-corrected chi connectivity index (χ0v) is 12.1. The number of benzene rings is 1. The van der Waals surface area contributed by atoms with Crippen molar-refractivity contribution in [2.24, 2.45) is 11.8 Å². The average molecular weight is 299 g/mol. The first kappa shape index (κ1) is 14.3. The Morgan fingerprint density at radius 1 is 1.36 bits per heavy atom. The molecule has 22 heavy (non-hydrogen) atoms. The molecule has 0 unspecified atom stereocenters. The van der Waals surface area contributed by atoms with Crippen molar-refractivity contribution in [3.05, 3.63) is 48.3 Å². The number of carboxylic acid groups (broad SMARTS) is 1. The van der Waals surface area contributed by atoms with E-state index in [1.807, 2.05) is 43.5 Å². The van der Waals surface area contributed by atoms with Crippen LogP contribution in [0.5, 0.6) is 0 Å². The summed E-state index contributed by atoms with van der Waals surface area (Å²) in [6.07, 6.45) is 3.99. The van der Waals surface area contributed by atoms with Gasteiger partial charge >= 0.3 is 5.97 Å². The van der Waals surface area contributed by atoms with Crippen molar-refractivity contribution < 1.29 is 14.7 Å². The smallest absolute Gasteiger partial charge is 0.307 e. The fourth-order valence-corrected chi connectivity index (χ4v) is 2.52. The lowest BCUT2D eigenvalue weighted by Gasteiger charge is -2.15. The van der Waals surface area contributed by atoms with Gasteiger partial charge in [-0.1, -0.05) is 12.1 Å². The Morgan fingerprint density at radius 2 is 2.18 bits per heavy atom. The van der Waals surface area contributed by atoms with Gasteiger partial charge in [-0.15, -0.1) is 0 Å². The molecule has 0 radical (unpaired) electrons. The molecule has 1 aromatic carbocycles. The van der Waals surface area contributed by atoms with Crippen molar-refractivity contribution >= 4 is 11.9 Å². The van der Waals surface area contributed by atoms with E-state index < -0.39 is 17.8 Å². The number of hydrogen-bond donors (Lipinski definition) is 2. The number of carboxylic acids is 1. The highest BCUT2D eigenvalue weighted by Gasteiger charge is 2.48. The molecule has 1 aliphatic rings. The molecule has 0 spiro atoms. The van der Waals surface area contributed by atoms with E-state index in [0.29, 0.717) is 6.42 Å². The summed E-state index contributed by atoms with van der Waals surface area (Å²) in [4.78, 5) is 22.8. The number of carbonyl (C=O) groups is 2. The van der Waals surface area contributed by atoms with Crippen LogP contribution in [0.1, 0.15) is 24.9 Å². The Hall–Kier alpha value is -2.63. The number of carbonyl (C=O) groups excluding carboxylic acids is 1. The van der Waals surface area contributed by atoms with Gasteiger partial charge in [0.05, 0.1) is 23.6 Å². The van der Waals surface area contributed by atoms with Crippen LogP contribution >= 0.6 is 0 Å². The van der Waals surface area contributed by atoms with E-state index in [4.69, 9.17) is 5.11 Å². The fourth-order valence-electron chi connectivity index (χ4n) is 2.52. The molecular weight excluding hydrogens is 282 g/mol. The van der Waals surface area contributed by atoms with Crippen LogP contribution < -0.4 is 5.32 Å².